The lowest BCUT2D eigenvalue weighted by atomic mass is 9.83. The fourth-order valence-corrected chi connectivity index (χ4v) is 1.98. The topological polar surface area (TPSA) is 29.3 Å². The van der Waals surface area contributed by atoms with Crippen molar-refractivity contribution in [2.75, 3.05) is 20.1 Å². The van der Waals surface area contributed by atoms with Gasteiger partial charge >= 0.3 is 0 Å². The van der Waals surface area contributed by atoms with Crippen molar-refractivity contribution in [1.82, 2.24) is 4.90 Å². The molecule has 0 radical (unpaired) electrons. The molecule has 1 aliphatic rings. The summed E-state index contributed by atoms with van der Waals surface area (Å²) >= 11 is 0. The zero-order valence-corrected chi connectivity index (χ0v) is 8.64. The number of nitrogens with two attached hydrogens (primary N) is 1. The molecule has 72 valence electrons. The summed E-state index contributed by atoms with van der Waals surface area (Å²) in [5.74, 6) is 0.711. The first-order chi connectivity index (χ1) is 5.50. The summed E-state index contributed by atoms with van der Waals surface area (Å²) in [7, 11) is 2.20. The van der Waals surface area contributed by atoms with Crippen molar-refractivity contribution in [2.24, 2.45) is 11.7 Å². The van der Waals surface area contributed by atoms with E-state index in [9.17, 15) is 0 Å². The van der Waals surface area contributed by atoms with Gasteiger partial charge in [0.25, 0.3) is 0 Å². The highest BCUT2D eigenvalue weighted by molar-refractivity contribution is 4.84. The third-order valence-electron chi connectivity index (χ3n) is 3.00. The van der Waals surface area contributed by atoms with Crippen molar-refractivity contribution in [3.8, 4) is 0 Å². The summed E-state index contributed by atoms with van der Waals surface area (Å²) in [6, 6.07) is 0. The highest BCUT2D eigenvalue weighted by Gasteiger charge is 2.26. The Kier molecular flexibility index (Phi) is 3.13. The van der Waals surface area contributed by atoms with Crippen LogP contribution in [0.15, 0.2) is 0 Å². The van der Waals surface area contributed by atoms with E-state index in [1.165, 1.54) is 32.4 Å². The van der Waals surface area contributed by atoms with Crippen LogP contribution in [0.2, 0.25) is 0 Å². The summed E-state index contributed by atoms with van der Waals surface area (Å²) in [5, 5.41) is 0. The minimum atomic E-state index is 0.0190. The van der Waals surface area contributed by atoms with Crippen molar-refractivity contribution >= 4 is 0 Å². The molecular weight excluding hydrogens is 148 g/mol. The third kappa shape index (κ3) is 2.76. The van der Waals surface area contributed by atoms with E-state index >= 15 is 0 Å². The maximum absolute atomic E-state index is 6.11. The Morgan fingerprint density at radius 2 is 1.92 bits per heavy atom. The van der Waals surface area contributed by atoms with Crippen LogP contribution < -0.4 is 5.73 Å². The molecule has 0 aromatic heterocycles. The van der Waals surface area contributed by atoms with E-state index in [1.807, 2.05) is 0 Å². The molecule has 2 nitrogen and oxygen atoms in total. The van der Waals surface area contributed by atoms with Gasteiger partial charge in [-0.25, -0.2) is 0 Å². The minimum Gasteiger partial charge on any atom is -0.325 e. The Labute approximate surface area is 76.1 Å². The Bertz CT molecular complexity index is 137. The van der Waals surface area contributed by atoms with E-state index in [4.69, 9.17) is 5.73 Å². The van der Waals surface area contributed by atoms with Crippen LogP contribution in [0.1, 0.15) is 33.1 Å². The van der Waals surface area contributed by atoms with Gasteiger partial charge < -0.3 is 10.6 Å². The molecule has 1 heterocycles. The van der Waals surface area contributed by atoms with Crippen LogP contribution in [-0.4, -0.2) is 30.6 Å². The normalized spacial score (nSPS) is 28.5. The quantitative estimate of drug-likeness (QED) is 0.645. The summed E-state index contributed by atoms with van der Waals surface area (Å²) in [5.41, 5.74) is 6.13. The van der Waals surface area contributed by atoms with Gasteiger partial charge in [-0.05, 0) is 59.2 Å². The highest BCUT2D eigenvalue weighted by Crippen LogP contribution is 2.25. The van der Waals surface area contributed by atoms with Gasteiger partial charge in [0.1, 0.15) is 0 Å². The van der Waals surface area contributed by atoms with E-state index < -0.39 is 0 Å². The lowest BCUT2D eigenvalue weighted by molar-refractivity contribution is 0.279. The largest absolute Gasteiger partial charge is 0.325 e. The van der Waals surface area contributed by atoms with Gasteiger partial charge in [-0.3, -0.25) is 0 Å². The molecule has 0 spiro atoms. The molecule has 12 heavy (non-hydrogen) atoms. The van der Waals surface area contributed by atoms with E-state index in [0.29, 0.717) is 5.92 Å². The van der Waals surface area contributed by atoms with Crippen molar-refractivity contribution in [1.29, 1.82) is 0 Å². The highest BCUT2D eigenvalue weighted by atomic mass is 15.1. The molecule has 1 saturated heterocycles. The smallest absolute Gasteiger partial charge is 0.0126 e. The summed E-state index contributed by atoms with van der Waals surface area (Å²) < 4.78 is 0. The van der Waals surface area contributed by atoms with Gasteiger partial charge in [0.05, 0.1) is 0 Å². The molecule has 0 aliphatic carbocycles. The van der Waals surface area contributed by atoms with Crippen LogP contribution in [0.5, 0.6) is 0 Å². The summed E-state index contributed by atoms with van der Waals surface area (Å²) in [6.45, 7) is 6.77. The van der Waals surface area contributed by atoms with Crippen molar-refractivity contribution < 1.29 is 0 Å². The molecular formula is C10H22N2. The minimum absolute atomic E-state index is 0.0190. The number of nitrogens with zero attached hydrogens (tertiary/aromatic N) is 1. The van der Waals surface area contributed by atoms with Crippen LogP contribution in [-0.2, 0) is 0 Å². The Hall–Kier alpha value is -0.0800. The lowest BCUT2D eigenvalue weighted by Crippen LogP contribution is -2.41. The van der Waals surface area contributed by atoms with Crippen molar-refractivity contribution in [3.05, 3.63) is 0 Å². The molecule has 0 aromatic carbocycles. The van der Waals surface area contributed by atoms with Gasteiger partial charge in [-0.15, -0.1) is 0 Å². The maximum Gasteiger partial charge on any atom is 0.0126 e. The van der Waals surface area contributed by atoms with Crippen LogP contribution in [0.4, 0.5) is 0 Å². The molecule has 1 aliphatic heterocycles. The van der Waals surface area contributed by atoms with Crippen molar-refractivity contribution in [3.63, 3.8) is 0 Å². The van der Waals surface area contributed by atoms with E-state index in [2.05, 4.69) is 25.8 Å². The Morgan fingerprint density at radius 3 is 2.50 bits per heavy atom. The first kappa shape index (κ1) is 10.0. The summed E-state index contributed by atoms with van der Waals surface area (Å²) in [6.07, 6.45) is 3.87. The molecule has 0 bridgehead atoms. The zero-order valence-electron chi connectivity index (χ0n) is 8.64. The molecule has 2 N–H and O–H groups in total. The molecule has 1 rings (SSSR count). The van der Waals surface area contributed by atoms with Gasteiger partial charge in [0.2, 0.25) is 0 Å². The van der Waals surface area contributed by atoms with Crippen LogP contribution in [0.25, 0.3) is 0 Å². The average Bonchev–Trinajstić information content (AvgIpc) is 2.11. The first-order valence-corrected chi connectivity index (χ1v) is 4.97. The lowest BCUT2D eigenvalue weighted by Gasteiger charge is -2.29. The fourth-order valence-electron chi connectivity index (χ4n) is 1.98. The number of likely N-dealkylation sites (tertiary alicyclic amines) is 1. The van der Waals surface area contributed by atoms with Gasteiger partial charge in [-0.2, -0.15) is 0 Å². The molecule has 2 heteroatoms. The molecule has 1 unspecified atom stereocenters. The third-order valence-corrected chi connectivity index (χ3v) is 3.00. The Balaban J connectivity index is 2.46. The first-order valence-electron chi connectivity index (χ1n) is 4.97. The van der Waals surface area contributed by atoms with Crippen LogP contribution in [0.3, 0.4) is 0 Å². The maximum atomic E-state index is 6.11. The predicted octanol–water partition coefficient (Wildman–Crippen LogP) is 1.46. The Morgan fingerprint density at radius 1 is 1.25 bits per heavy atom. The average molecular weight is 170 g/mol. The second kappa shape index (κ2) is 3.75. The monoisotopic (exact) mass is 170 g/mol. The number of hydrogen-bond donors (Lipinski definition) is 1. The van der Waals surface area contributed by atoms with Crippen molar-refractivity contribution in [2.45, 2.75) is 38.6 Å². The molecule has 0 amide bonds. The van der Waals surface area contributed by atoms with Gasteiger partial charge in [-0.1, -0.05) is 0 Å². The molecule has 0 saturated carbocycles. The predicted molar refractivity (Wildman–Crippen MR) is 53.1 cm³/mol. The molecule has 1 fully saturated rings. The zero-order chi connectivity index (χ0) is 9.19. The van der Waals surface area contributed by atoms with Gasteiger partial charge in [0, 0.05) is 5.54 Å². The van der Waals surface area contributed by atoms with E-state index in [0.717, 1.165) is 0 Å². The SMILES string of the molecule is CN1CCCC(C(C)(C)N)CC1. The molecule has 0 aromatic rings. The second-order valence-electron chi connectivity index (χ2n) is 4.75. The number of hydrogen-bond acceptors (Lipinski definition) is 2. The van der Waals surface area contributed by atoms with Crippen LogP contribution in [0, 0.1) is 5.92 Å². The summed E-state index contributed by atoms with van der Waals surface area (Å²) in [4.78, 5) is 2.41. The van der Waals surface area contributed by atoms with Gasteiger partial charge in [0.15, 0.2) is 0 Å². The second-order valence-corrected chi connectivity index (χ2v) is 4.75. The van der Waals surface area contributed by atoms with E-state index in [-0.39, 0.29) is 5.54 Å². The standard InChI is InChI=1S/C10H22N2/c1-10(2,11)9-5-4-7-12(3)8-6-9/h9H,4-8,11H2,1-3H3. The number of rotatable bonds is 1. The van der Waals surface area contributed by atoms with E-state index in [1.54, 1.807) is 0 Å². The fraction of sp³-hybridized carbons (Fsp3) is 1.00. The van der Waals surface area contributed by atoms with Crippen LogP contribution >= 0.6 is 0 Å². The molecule has 1 atom stereocenters.